The third-order valence-electron chi connectivity index (χ3n) is 7.30. The Hall–Kier alpha value is -3.92. The van der Waals surface area contributed by atoms with Gasteiger partial charge in [0.25, 0.3) is 0 Å². The molecule has 6 rings (SSSR count). The van der Waals surface area contributed by atoms with E-state index >= 15 is 4.39 Å². The molecule has 0 spiro atoms. The van der Waals surface area contributed by atoms with Crippen molar-refractivity contribution < 1.29 is 13.6 Å². The van der Waals surface area contributed by atoms with Gasteiger partial charge in [0.15, 0.2) is 5.82 Å². The first-order valence-electron chi connectivity index (χ1n) is 12.5. The lowest BCUT2D eigenvalue weighted by atomic mass is 10.00. The van der Waals surface area contributed by atoms with Crippen molar-refractivity contribution in [3.8, 4) is 11.3 Å². The van der Waals surface area contributed by atoms with Gasteiger partial charge in [-0.2, -0.15) is 0 Å². The van der Waals surface area contributed by atoms with Gasteiger partial charge in [-0.1, -0.05) is 0 Å². The molecule has 5 heterocycles. The van der Waals surface area contributed by atoms with Crippen molar-refractivity contribution in [3.05, 3.63) is 65.7 Å². The molecule has 4 aromatic rings. The Kier molecular flexibility index (Phi) is 6.03. The number of carbonyl (C=O) groups is 1. The molecular weight excluding hydrogens is 476 g/mol. The molecule has 2 aliphatic rings. The van der Waals surface area contributed by atoms with Crippen LogP contribution in [0.3, 0.4) is 0 Å². The maximum absolute atomic E-state index is 15.5. The van der Waals surface area contributed by atoms with Crippen molar-refractivity contribution in [1.29, 1.82) is 0 Å². The smallest absolute Gasteiger partial charge is 0.201 e. The normalized spacial score (nSPS) is 16.6. The SMILES string of the molecule is CN1CCN(c2cc(-c3cnc4[nH]cc(C(=O)c5c(F)ccc(N6CCCC6)c5F)c4c3)ncn2)CC1. The fourth-order valence-corrected chi connectivity index (χ4v) is 5.13. The van der Waals surface area contributed by atoms with Crippen molar-refractivity contribution in [1.82, 2.24) is 24.8 Å². The summed E-state index contributed by atoms with van der Waals surface area (Å²) in [5, 5.41) is 0.479. The first-order chi connectivity index (χ1) is 18.0. The number of carbonyl (C=O) groups excluding carboxylic acids is 1. The number of anilines is 2. The van der Waals surface area contributed by atoms with E-state index in [0.717, 1.165) is 44.8 Å². The predicted molar refractivity (Wildman–Crippen MR) is 138 cm³/mol. The maximum atomic E-state index is 15.5. The van der Waals surface area contributed by atoms with E-state index in [1.165, 1.54) is 24.7 Å². The molecular formula is C27H27F2N7O. The van der Waals surface area contributed by atoms with E-state index in [1.54, 1.807) is 12.3 Å². The number of rotatable bonds is 5. The highest BCUT2D eigenvalue weighted by Gasteiger charge is 2.27. The first kappa shape index (κ1) is 23.5. The quantitative estimate of drug-likeness (QED) is 0.414. The highest BCUT2D eigenvalue weighted by Crippen LogP contribution is 2.31. The number of ketones is 1. The number of hydrogen-bond acceptors (Lipinski definition) is 7. The van der Waals surface area contributed by atoms with Crippen LogP contribution in [0.25, 0.3) is 22.3 Å². The summed E-state index contributed by atoms with van der Waals surface area (Å²) >= 11 is 0. The van der Waals surface area contributed by atoms with E-state index in [2.05, 4.69) is 36.8 Å². The van der Waals surface area contributed by atoms with Crippen LogP contribution in [0.15, 0.2) is 43.0 Å². The number of aromatic nitrogens is 4. The Morgan fingerprint density at radius 2 is 1.73 bits per heavy atom. The number of H-pyrrole nitrogens is 1. The molecule has 1 aromatic carbocycles. The summed E-state index contributed by atoms with van der Waals surface area (Å²) in [6, 6.07) is 6.27. The van der Waals surface area contributed by atoms with Gasteiger partial charge in [-0.15, -0.1) is 0 Å². The lowest BCUT2D eigenvalue weighted by Gasteiger charge is -2.33. The standard InChI is InChI=1S/C27H27F2N7O/c1-34-8-10-36(11-9-34)23-13-21(32-16-33-23)17-12-18-19(15-31-27(18)30-14-17)26(37)24-20(28)4-5-22(25(24)29)35-6-2-3-7-35/h4-5,12-16H,2-3,6-11H2,1H3,(H,30,31). The first-order valence-corrected chi connectivity index (χ1v) is 12.5. The van der Waals surface area contributed by atoms with Crippen molar-refractivity contribution in [3.63, 3.8) is 0 Å². The number of aromatic amines is 1. The summed E-state index contributed by atoms with van der Waals surface area (Å²) < 4.78 is 30.3. The number of halogens is 2. The molecule has 0 radical (unpaired) electrons. The van der Waals surface area contributed by atoms with Crippen LogP contribution in [-0.2, 0) is 0 Å². The molecule has 37 heavy (non-hydrogen) atoms. The Morgan fingerprint density at radius 1 is 0.946 bits per heavy atom. The van der Waals surface area contributed by atoms with Crippen molar-refractivity contribution in [2.24, 2.45) is 0 Å². The van der Waals surface area contributed by atoms with Crippen molar-refractivity contribution in [2.45, 2.75) is 12.8 Å². The number of likely N-dealkylation sites (N-methyl/N-ethyl adjacent to an activating group) is 1. The second kappa shape index (κ2) is 9.51. The third kappa shape index (κ3) is 4.31. The number of benzene rings is 1. The van der Waals surface area contributed by atoms with E-state index in [1.807, 2.05) is 11.0 Å². The van der Waals surface area contributed by atoms with Crippen LogP contribution in [-0.4, -0.2) is 76.9 Å². The fourth-order valence-electron chi connectivity index (χ4n) is 5.13. The number of piperazine rings is 1. The summed E-state index contributed by atoms with van der Waals surface area (Å²) in [7, 11) is 2.10. The molecule has 2 fully saturated rings. The van der Waals surface area contributed by atoms with Gasteiger partial charge in [0, 0.05) is 74.2 Å². The van der Waals surface area contributed by atoms with Gasteiger partial charge < -0.3 is 19.7 Å². The average Bonchev–Trinajstić information content (AvgIpc) is 3.59. The summed E-state index contributed by atoms with van der Waals surface area (Å²) in [6.07, 6.45) is 6.53. The van der Waals surface area contributed by atoms with Gasteiger partial charge >= 0.3 is 0 Å². The zero-order chi connectivity index (χ0) is 25.5. The second-order valence-electron chi connectivity index (χ2n) is 9.65. The minimum Gasteiger partial charge on any atom is -0.369 e. The van der Waals surface area contributed by atoms with Crippen molar-refractivity contribution >= 4 is 28.3 Å². The molecule has 3 aromatic heterocycles. The zero-order valence-electron chi connectivity index (χ0n) is 20.5. The average molecular weight is 504 g/mol. The van der Waals surface area contributed by atoms with Crippen molar-refractivity contribution in [2.75, 3.05) is 56.1 Å². The molecule has 0 aliphatic carbocycles. The minimum atomic E-state index is -0.878. The number of nitrogens with zero attached hydrogens (tertiary/aromatic N) is 6. The predicted octanol–water partition coefficient (Wildman–Crippen LogP) is 3.88. The van der Waals surface area contributed by atoms with E-state index in [9.17, 15) is 9.18 Å². The summed E-state index contributed by atoms with van der Waals surface area (Å²) in [5.41, 5.74) is 1.68. The minimum absolute atomic E-state index is 0.161. The van der Waals surface area contributed by atoms with Gasteiger partial charge in [0.05, 0.1) is 16.9 Å². The highest BCUT2D eigenvalue weighted by molar-refractivity contribution is 6.16. The largest absolute Gasteiger partial charge is 0.369 e. The molecule has 190 valence electrons. The zero-order valence-corrected chi connectivity index (χ0v) is 20.5. The van der Waals surface area contributed by atoms with E-state index in [4.69, 9.17) is 0 Å². The van der Waals surface area contributed by atoms with Crippen LogP contribution in [0.2, 0.25) is 0 Å². The number of hydrogen-bond donors (Lipinski definition) is 1. The topological polar surface area (TPSA) is 81.2 Å². The molecule has 0 amide bonds. The van der Waals surface area contributed by atoms with Gasteiger partial charge in [-0.05, 0) is 38.1 Å². The van der Waals surface area contributed by atoms with E-state index < -0.39 is 23.0 Å². The van der Waals surface area contributed by atoms with Crippen LogP contribution in [0.5, 0.6) is 0 Å². The van der Waals surface area contributed by atoms with Gasteiger partial charge in [-0.25, -0.2) is 23.7 Å². The Morgan fingerprint density at radius 3 is 2.51 bits per heavy atom. The van der Waals surface area contributed by atoms with E-state index in [-0.39, 0.29) is 11.3 Å². The Balaban J connectivity index is 1.36. The van der Waals surface area contributed by atoms with E-state index in [0.29, 0.717) is 35.4 Å². The van der Waals surface area contributed by atoms with Crippen LogP contribution in [0.1, 0.15) is 28.8 Å². The molecule has 2 saturated heterocycles. The van der Waals surface area contributed by atoms with Crippen LogP contribution < -0.4 is 9.80 Å². The molecule has 2 aliphatic heterocycles. The Labute approximate surface area is 213 Å². The molecule has 0 bridgehead atoms. The summed E-state index contributed by atoms with van der Waals surface area (Å²) in [4.78, 5) is 36.1. The molecule has 0 unspecified atom stereocenters. The fraction of sp³-hybridized carbons (Fsp3) is 0.333. The molecule has 1 N–H and O–H groups in total. The molecule has 10 heteroatoms. The number of nitrogens with one attached hydrogen (secondary N) is 1. The van der Waals surface area contributed by atoms with Gasteiger partial charge in [0.1, 0.15) is 23.6 Å². The lowest BCUT2D eigenvalue weighted by Crippen LogP contribution is -2.44. The van der Waals surface area contributed by atoms with Crippen LogP contribution in [0.4, 0.5) is 20.3 Å². The monoisotopic (exact) mass is 503 g/mol. The summed E-state index contributed by atoms with van der Waals surface area (Å²) in [5.74, 6) is -1.59. The molecule has 0 saturated carbocycles. The molecule has 8 nitrogen and oxygen atoms in total. The Bertz CT molecular complexity index is 1470. The number of pyridine rings is 1. The second-order valence-corrected chi connectivity index (χ2v) is 9.65. The van der Waals surface area contributed by atoms with Crippen LogP contribution >= 0.6 is 0 Å². The van der Waals surface area contributed by atoms with Gasteiger partial charge in [0.2, 0.25) is 5.78 Å². The number of fused-ring (bicyclic) bond motifs is 1. The lowest BCUT2D eigenvalue weighted by molar-refractivity contribution is 0.103. The maximum Gasteiger partial charge on any atom is 0.201 e. The van der Waals surface area contributed by atoms with Gasteiger partial charge in [-0.3, -0.25) is 4.79 Å². The molecule has 0 atom stereocenters. The third-order valence-corrected chi connectivity index (χ3v) is 7.30. The highest BCUT2D eigenvalue weighted by atomic mass is 19.1. The van der Waals surface area contributed by atoms with Crippen LogP contribution in [0, 0.1) is 11.6 Å². The summed E-state index contributed by atoms with van der Waals surface area (Å²) in [6.45, 7) is 5.02.